The Kier molecular flexibility index (Phi) is 3.85. The van der Waals surface area contributed by atoms with Crippen LogP contribution in [0.2, 0.25) is 0 Å². The highest BCUT2D eigenvalue weighted by molar-refractivity contribution is 5.73. The van der Waals surface area contributed by atoms with Crippen molar-refractivity contribution in [2.24, 2.45) is 0 Å². The molecular weight excluding hydrogens is 286 g/mol. The molecular formula is C15H9F4NO. The largest absolute Gasteiger partial charge is 0.573 e. The van der Waals surface area contributed by atoms with E-state index in [-0.39, 0.29) is 16.7 Å². The van der Waals surface area contributed by atoms with Crippen LogP contribution in [0.3, 0.4) is 0 Å². The van der Waals surface area contributed by atoms with Gasteiger partial charge in [-0.05, 0) is 30.7 Å². The van der Waals surface area contributed by atoms with Crippen LogP contribution in [0.4, 0.5) is 17.6 Å². The Morgan fingerprint density at radius 2 is 1.81 bits per heavy atom. The van der Waals surface area contributed by atoms with Crippen LogP contribution in [0.25, 0.3) is 11.1 Å². The number of benzene rings is 2. The Bertz CT molecular complexity index is 717. The summed E-state index contributed by atoms with van der Waals surface area (Å²) in [5, 5.41) is 9.03. The SMILES string of the molecule is Cc1cccc(-c2cc(OC(F)(F)F)ccc2C#N)c1F. The van der Waals surface area contributed by atoms with Crippen molar-refractivity contribution in [1.29, 1.82) is 5.26 Å². The molecule has 0 saturated heterocycles. The molecule has 0 saturated carbocycles. The second-order valence-electron chi connectivity index (χ2n) is 4.30. The lowest BCUT2D eigenvalue weighted by Crippen LogP contribution is -2.17. The van der Waals surface area contributed by atoms with Gasteiger partial charge >= 0.3 is 6.36 Å². The minimum atomic E-state index is -4.85. The second kappa shape index (κ2) is 5.44. The summed E-state index contributed by atoms with van der Waals surface area (Å²) in [6.45, 7) is 1.53. The number of halogens is 4. The van der Waals surface area contributed by atoms with Crippen molar-refractivity contribution < 1.29 is 22.3 Å². The molecule has 2 nitrogen and oxygen atoms in total. The Morgan fingerprint density at radius 3 is 2.43 bits per heavy atom. The third-order valence-corrected chi connectivity index (χ3v) is 2.83. The summed E-state index contributed by atoms with van der Waals surface area (Å²) < 4.78 is 54.6. The zero-order chi connectivity index (χ0) is 15.6. The molecule has 0 heterocycles. The van der Waals surface area contributed by atoms with E-state index < -0.39 is 17.9 Å². The van der Waals surface area contributed by atoms with Gasteiger partial charge in [0.15, 0.2) is 0 Å². The molecule has 0 aliphatic rings. The normalized spacial score (nSPS) is 11.0. The predicted molar refractivity (Wildman–Crippen MR) is 68.0 cm³/mol. The lowest BCUT2D eigenvalue weighted by atomic mass is 9.98. The fourth-order valence-electron chi connectivity index (χ4n) is 1.90. The number of nitriles is 1. The standard InChI is InChI=1S/C15H9F4NO/c1-9-3-2-4-12(14(9)16)13-7-11(21-15(17,18)19)6-5-10(13)8-20/h2-7H,1H3. The van der Waals surface area contributed by atoms with Crippen LogP contribution in [-0.2, 0) is 0 Å². The van der Waals surface area contributed by atoms with Crippen LogP contribution >= 0.6 is 0 Å². The molecule has 0 radical (unpaired) electrons. The van der Waals surface area contributed by atoms with Crippen molar-refractivity contribution in [3.05, 3.63) is 53.3 Å². The van der Waals surface area contributed by atoms with Crippen LogP contribution in [0.1, 0.15) is 11.1 Å². The van der Waals surface area contributed by atoms with E-state index in [1.165, 1.54) is 19.1 Å². The summed E-state index contributed by atoms with van der Waals surface area (Å²) in [7, 11) is 0. The maximum Gasteiger partial charge on any atom is 0.573 e. The molecule has 0 spiro atoms. The first kappa shape index (κ1) is 14.9. The summed E-state index contributed by atoms with van der Waals surface area (Å²) in [5.74, 6) is -1.09. The van der Waals surface area contributed by atoms with E-state index in [0.717, 1.165) is 18.2 Å². The molecule has 2 rings (SSSR count). The molecule has 0 bridgehead atoms. The smallest absolute Gasteiger partial charge is 0.406 e. The van der Waals surface area contributed by atoms with Gasteiger partial charge in [0, 0.05) is 11.1 Å². The first-order valence-electron chi connectivity index (χ1n) is 5.87. The van der Waals surface area contributed by atoms with Crippen molar-refractivity contribution >= 4 is 0 Å². The zero-order valence-corrected chi connectivity index (χ0v) is 10.8. The molecule has 0 aliphatic carbocycles. The number of hydrogen-bond acceptors (Lipinski definition) is 2. The monoisotopic (exact) mass is 295 g/mol. The van der Waals surface area contributed by atoms with Crippen molar-refractivity contribution in [3.8, 4) is 22.9 Å². The van der Waals surface area contributed by atoms with E-state index in [4.69, 9.17) is 5.26 Å². The molecule has 0 atom stereocenters. The molecule has 0 aliphatic heterocycles. The van der Waals surface area contributed by atoms with Gasteiger partial charge in [0.1, 0.15) is 11.6 Å². The lowest BCUT2D eigenvalue weighted by molar-refractivity contribution is -0.274. The van der Waals surface area contributed by atoms with Crippen LogP contribution in [0.5, 0.6) is 5.75 Å². The number of nitrogens with zero attached hydrogens (tertiary/aromatic N) is 1. The number of hydrogen-bond donors (Lipinski definition) is 0. The molecule has 21 heavy (non-hydrogen) atoms. The average molecular weight is 295 g/mol. The quantitative estimate of drug-likeness (QED) is 0.760. The van der Waals surface area contributed by atoms with E-state index in [1.54, 1.807) is 6.07 Å². The van der Waals surface area contributed by atoms with E-state index in [0.29, 0.717) is 5.56 Å². The van der Waals surface area contributed by atoms with Crippen LogP contribution in [0, 0.1) is 24.1 Å². The minimum Gasteiger partial charge on any atom is -0.406 e. The Hall–Kier alpha value is -2.55. The number of rotatable bonds is 2. The highest BCUT2D eigenvalue weighted by Gasteiger charge is 2.31. The zero-order valence-electron chi connectivity index (χ0n) is 10.8. The van der Waals surface area contributed by atoms with Gasteiger partial charge in [0.2, 0.25) is 0 Å². The summed E-state index contributed by atoms with van der Waals surface area (Å²) in [5.41, 5.74) is 0.507. The second-order valence-corrected chi connectivity index (χ2v) is 4.30. The fraction of sp³-hybridized carbons (Fsp3) is 0.133. The molecule has 2 aromatic rings. The van der Waals surface area contributed by atoms with Gasteiger partial charge in [-0.2, -0.15) is 5.26 Å². The first-order chi connectivity index (χ1) is 9.81. The van der Waals surface area contributed by atoms with Gasteiger partial charge in [-0.15, -0.1) is 13.2 Å². The molecule has 0 fully saturated rings. The summed E-state index contributed by atoms with van der Waals surface area (Å²) >= 11 is 0. The Morgan fingerprint density at radius 1 is 1.10 bits per heavy atom. The number of ether oxygens (including phenoxy) is 1. The highest BCUT2D eigenvalue weighted by Crippen LogP contribution is 2.32. The molecule has 0 N–H and O–H groups in total. The van der Waals surface area contributed by atoms with Gasteiger partial charge in [0.25, 0.3) is 0 Å². The third kappa shape index (κ3) is 3.31. The van der Waals surface area contributed by atoms with Crippen LogP contribution < -0.4 is 4.74 Å². The van der Waals surface area contributed by atoms with Gasteiger partial charge in [-0.25, -0.2) is 4.39 Å². The maximum atomic E-state index is 14.1. The summed E-state index contributed by atoms with van der Waals surface area (Å²) in [6.07, 6.45) is -4.85. The lowest BCUT2D eigenvalue weighted by Gasteiger charge is -2.12. The molecule has 0 aromatic heterocycles. The van der Waals surface area contributed by atoms with Gasteiger partial charge < -0.3 is 4.74 Å². The molecule has 0 amide bonds. The highest BCUT2D eigenvalue weighted by atomic mass is 19.4. The van der Waals surface area contributed by atoms with E-state index >= 15 is 0 Å². The number of aryl methyl sites for hydroxylation is 1. The van der Waals surface area contributed by atoms with Crippen LogP contribution in [0.15, 0.2) is 36.4 Å². The first-order valence-corrected chi connectivity index (χ1v) is 5.87. The van der Waals surface area contributed by atoms with Crippen molar-refractivity contribution in [3.63, 3.8) is 0 Å². The van der Waals surface area contributed by atoms with Gasteiger partial charge in [0.05, 0.1) is 11.6 Å². The fourth-order valence-corrected chi connectivity index (χ4v) is 1.90. The van der Waals surface area contributed by atoms with Crippen molar-refractivity contribution in [1.82, 2.24) is 0 Å². The molecule has 0 unspecified atom stereocenters. The van der Waals surface area contributed by atoms with Crippen LogP contribution in [-0.4, -0.2) is 6.36 Å². The summed E-state index contributed by atoms with van der Waals surface area (Å²) in [6, 6.07) is 9.50. The van der Waals surface area contributed by atoms with Gasteiger partial charge in [-0.1, -0.05) is 18.2 Å². The predicted octanol–water partition coefficient (Wildman–Crippen LogP) is 4.57. The molecule has 108 valence electrons. The average Bonchev–Trinajstić information content (AvgIpc) is 2.40. The van der Waals surface area contributed by atoms with E-state index in [1.807, 2.05) is 6.07 Å². The maximum absolute atomic E-state index is 14.1. The van der Waals surface area contributed by atoms with Crippen molar-refractivity contribution in [2.75, 3.05) is 0 Å². The molecule has 6 heteroatoms. The van der Waals surface area contributed by atoms with Crippen molar-refractivity contribution in [2.45, 2.75) is 13.3 Å². The third-order valence-electron chi connectivity index (χ3n) is 2.83. The summed E-state index contributed by atoms with van der Waals surface area (Å²) in [4.78, 5) is 0. The van der Waals surface area contributed by atoms with E-state index in [2.05, 4.69) is 4.74 Å². The number of alkyl halides is 3. The Labute approximate surface area is 118 Å². The molecule has 2 aromatic carbocycles. The topological polar surface area (TPSA) is 33.0 Å². The van der Waals surface area contributed by atoms with Gasteiger partial charge in [-0.3, -0.25) is 0 Å². The van der Waals surface area contributed by atoms with E-state index in [9.17, 15) is 17.6 Å². The Balaban J connectivity index is 2.58. The minimum absolute atomic E-state index is 0.0548.